The van der Waals surface area contributed by atoms with E-state index in [2.05, 4.69) is 66.2 Å². The van der Waals surface area contributed by atoms with Crippen LogP contribution in [0.2, 0.25) is 0 Å². The maximum Gasteiger partial charge on any atom is 0.124 e. The Morgan fingerprint density at radius 3 is 2.76 bits per heavy atom. The van der Waals surface area contributed by atoms with Crippen LogP contribution in [-0.4, -0.2) is 6.54 Å². The maximum atomic E-state index is 6.06. The molecule has 0 radical (unpaired) electrons. The van der Waals surface area contributed by atoms with E-state index >= 15 is 0 Å². The lowest BCUT2D eigenvalue weighted by Gasteiger charge is -2.14. The van der Waals surface area contributed by atoms with E-state index in [1.807, 2.05) is 0 Å². The van der Waals surface area contributed by atoms with E-state index in [9.17, 15) is 0 Å². The molecule has 21 heavy (non-hydrogen) atoms. The SMILES string of the molecule is CCNCc1c(OCc2cccs2)ccc2ccccc12. The fourth-order valence-corrected chi connectivity index (χ4v) is 3.04. The van der Waals surface area contributed by atoms with E-state index in [0.717, 1.165) is 18.8 Å². The lowest BCUT2D eigenvalue weighted by Crippen LogP contribution is -2.13. The molecule has 1 N–H and O–H groups in total. The van der Waals surface area contributed by atoms with Gasteiger partial charge in [0.2, 0.25) is 0 Å². The Morgan fingerprint density at radius 2 is 1.95 bits per heavy atom. The van der Waals surface area contributed by atoms with Gasteiger partial charge in [0.1, 0.15) is 12.4 Å². The topological polar surface area (TPSA) is 21.3 Å². The van der Waals surface area contributed by atoms with Gasteiger partial charge in [-0.15, -0.1) is 11.3 Å². The number of ether oxygens (including phenoxy) is 1. The predicted octanol–water partition coefficient (Wildman–Crippen LogP) is 4.59. The zero-order valence-corrected chi connectivity index (χ0v) is 13.0. The van der Waals surface area contributed by atoms with Crippen molar-refractivity contribution in [3.05, 3.63) is 64.4 Å². The fourth-order valence-electron chi connectivity index (χ4n) is 2.43. The maximum absolute atomic E-state index is 6.06. The summed E-state index contributed by atoms with van der Waals surface area (Å²) in [4.78, 5) is 1.25. The number of hydrogen-bond acceptors (Lipinski definition) is 3. The Bertz CT molecular complexity index is 706. The molecule has 0 amide bonds. The third kappa shape index (κ3) is 3.26. The smallest absolute Gasteiger partial charge is 0.124 e. The molecule has 108 valence electrons. The molecule has 3 aromatic rings. The molecular formula is C18H19NOS. The zero-order chi connectivity index (χ0) is 14.5. The number of fused-ring (bicyclic) bond motifs is 1. The van der Waals surface area contributed by atoms with Crippen molar-refractivity contribution in [3.63, 3.8) is 0 Å². The third-order valence-electron chi connectivity index (χ3n) is 3.50. The van der Waals surface area contributed by atoms with Crippen molar-refractivity contribution in [2.24, 2.45) is 0 Å². The average Bonchev–Trinajstić information content (AvgIpc) is 3.04. The first-order valence-electron chi connectivity index (χ1n) is 7.25. The van der Waals surface area contributed by atoms with Crippen molar-refractivity contribution in [1.29, 1.82) is 0 Å². The second kappa shape index (κ2) is 6.74. The Hall–Kier alpha value is -1.84. The molecule has 0 fully saturated rings. The molecule has 0 aliphatic carbocycles. The van der Waals surface area contributed by atoms with E-state index in [1.165, 1.54) is 21.2 Å². The van der Waals surface area contributed by atoms with Crippen molar-refractivity contribution >= 4 is 22.1 Å². The molecule has 0 aliphatic heterocycles. The molecule has 1 aromatic heterocycles. The molecule has 2 nitrogen and oxygen atoms in total. The summed E-state index contributed by atoms with van der Waals surface area (Å²) in [6.45, 7) is 4.54. The minimum absolute atomic E-state index is 0.634. The molecule has 0 atom stereocenters. The number of nitrogens with one attached hydrogen (secondary N) is 1. The zero-order valence-electron chi connectivity index (χ0n) is 12.1. The molecule has 3 rings (SSSR count). The van der Waals surface area contributed by atoms with Crippen LogP contribution in [-0.2, 0) is 13.2 Å². The highest BCUT2D eigenvalue weighted by molar-refractivity contribution is 7.09. The van der Waals surface area contributed by atoms with Crippen LogP contribution in [0, 0.1) is 0 Å². The van der Waals surface area contributed by atoms with Crippen molar-refractivity contribution in [2.75, 3.05) is 6.54 Å². The highest BCUT2D eigenvalue weighted by Gasteiger charge is 2.09. The van der Waals surface area contributed by atoms with Gasteiger partial charge in [-0.3, -0.25) is 0 Å². The van der Waals surface area contributed by atoms with E-state index in [0.29, 0.717) is 6.61 Å². The Morgan fingerprint density at radius 1 is 1.05 bits per heavy atom. The first kappa shape index (κ1) is 14.1. The molecular weight excluding hydrogens is 278 g/mol. The monoisotopic (exact) mass is 297 g/mol. The molecule has 1 heterocycles. The second-order valence-electron chi connectivity index (χ2n) is 4.91. The minimum atomic E-state index is 0.634. The summed E-state index contributed by atoms with van der Waals surface area (Å²) >= 11 is 1.73. The van der Waals surface area contributed by atoms with E-state index in [4.69, 9.17) is 4.74 Å². The van der Waals surface area contributed by atoms with Crippen LogP contribution in [0.1, 0.15) is 17.4 Å². The van der Waals surface area contributed by atoms with Crippen LogP contribution in [0.5, 0.6) is 5.75 Å². The quantitative estimate of drug-likeness (QED) is 0.718. The van der Waals surface area contributed by atoms with E-state index < -0.39 is 0 Å². The van der Waals surface area contributed by atoms with Crippen molar-refractivity contribution < 1.29 is 4.74 Å². The van der Waals surface area contributed by atoms with Crippen LogP contribution < -0.4 is 10.1 Å². The van der Waals surface area contributed by atoms with Crippen molar-refractivity contribution in [3.8, 4) is 5.75 Å². The molecule has 0 aliphatic rings. The number of hydrogen-bond donors (Lipinski definition) is 1. The second-order valence-corrected chi connectivity index (χ2v) is 5.94. The Labute approximate surface area is 129 Å². The normalized spacial score (nSPS) is 10.9. The van der Waals surface area contributed by atoms with Gasteiger partial charge in [-0.2, -0.15) is 0 Å². The van der Waals surface area contributed by atoms with Gasteiger partial charge >= 0.3 is 0 Å². The van der Waals surface area contributed by atoms with E-state index in [1.54, 1.807) is 11.3 Å². The first-order chi connectivity index (χ1) is 10.4. The molecule has 0 unspecified atom stereocenters. The number of rotatable bonds is 6. The van der Waals surface area contributed by atoms with Gasteiger partial charge in [0.15, 0.2) is 0 Å². The summed E-state index contributed by atoms with van der Waals surface area (Å²) in [5.41, 5.74) is 1.24. The lowest BCUT2D eigenvalue weighted by atomic mass is 10.0. The van der Waals surface area contributed by atoms with Gasteiger partial charge < -0.3 is 10.1 Å². The van der Waals surface area contributed by atoms with Crippen LogP contribution >= 0.6 is 11.3 Å². The summed E-state index contributed by atoms with van der Waals surface area (Å²) in [7, 11) is 0. The summed E-state index contributed by atoms with van der Waals surface area (Å²) in [5.74, 6) is 0.975. The molecule has 3 heteroatoms. The van der Waals surface area contributed by atoms with Gasteiger partial charge in [-0.1, -0.05) is 43.3 Å². The molecule has 2 aromatic carbocycles. The molecule has 0 saturated heterocycles. The summed E-state index contributed by atoms with van der Waals surface area (Å²) < 4.78 is 6.06. The van der Waals surface area contributed by atoms with Crippen molar-refractivity contribution in [1.82, 2.24) is 5.32 Å². The highest BCUT2D eigenvalue weighted by atomic mass is 32.1. The van der Waals surface area contributed by atoms with Gasteiger partial charge in [-0.25, -0.2) is 0 Å². The fraction of sp³-hybridized carbons (Fsp3) is 0.222. The van der Waals surface area contributed by atoms with E-state index in [-0.39, 0.29) is 0 Å². The first-order valence-corrected chi connectivity index (χ1v) is 8.13. The van der Waals surface area contributed by atoms with Crippen LogP contribution in [0.25, 0.3) is 10.8 Å². The number of thiophene rings is 1. The lowest BCUT2D eigenvalue weighted by molar-refractivity contribution is 0.306. The number of benzene rings is 2. The van der Waals surface area contributed by atoms with Gasteiger partial charge in [0.25, 0.3) is 0 Å². The van der Waals surface area contributed by atoms with Gasteiger partial charge in [0, 0.05) is 17.0 Å². The Kier molecular flexibility index (Phi) is 4.53. The highest BCUT2D eigenvalue weighted by Crippen LogP contribution is 2.29. The van der Waals surface area contributed by atoms with Gasteiger partial charge in [-0.05, 0) is 34.8 Å². The van der Waals surface area contributed by atoms with Crippen molar-refractivity contribution in [2.45, 2.75) is 20.1 Å². The summed E-state index contributed by atoms with van der Waals surface area (Å²) in [6, 6.07) is 16.9. The van der Waals surface area contributed by atoms with Gasteiger partial charge in [0.05, 0.1) is 0 Å². The Balaban J connectivity index is 1.92. The minimum Gasteiger partial charge on any atom is -0.488 e. The molecule has 0 spiro atoms. The molecule has 0 saturated carbocycles. The van der Waals surface area contributed by atoms with Crippen LogP contribution in [0.3, 0.4) is 0 Å². The third-order valence-corrected chi connectivity index (χ3v) is 4.35. The predicted molar refractivity (Wildman–Crippen MR) is 90.0 cm³/mol. The summed E-state index contributed by atoms with van der Waals surface area (Å²) in [6.07, 6.45) is 0. The average molecular weight is 297 g/mol. The molecule has 0 bridgehead atoms. The largest absolute Gasteiger partial charge is 0.488 e. The van der Waals surface area contributed by atoms with Crippen LogP contribution in [0.15, 0.2) is 53.9 Å². The standard InChI is InChI=1S/C18H19NOS/c1-2-19-12-17-16-8-4-3-6-14(16)9-10-18(17)20-13-15-7-5-11-21-15/h3-11,19H,2,12-13H2,1H3. The summed E-state index contributed by atoms with van der Waals surface area (Å²) in [5, 5.41) is 8.02. The van der Waals surface area contributed by atoms with Crippen LogP contribution in [0.4, 0.5) is 0 Å².